The van der Waals surface area contributed by atoms with E-state index in [9.17, 15) is 4.79 Å². The first-order valence-electron chi connectivity index (χ1n) is 10.9. The Labute approximate surface area is 175 Å². The molecule has 2 rings (SSSR count). The lowest BCUT2D eigenvalue weighted by atomic mass is 9.94. The molecule has 0 aliphatic rings. The largest absolute Gasteiger partial charge is 0.323 e. The molecule has 0 aliphatic carbocycles. The molecule has 1 aromatic heterocycles. The first kappa shape index (κ1) is 22.9. The lowest BCUT2D eigenvalue weighted by molar-refractivity contribution is 0.262. The van der Waals surface area contributed by atoms with Gasteiger partial charge in [-0.3, -0.25) is 4.98 Å². The third-order valence-corrected chi connectivity index (χ3v) is 5.19. The van der Waals surface area contributed by atoms with E-state index in [0.717, 1.165) is 43.7 Å². The second-order valence-electron chi connectivity index (χ2n) is 7.75. The van der Waals surface area contributed by atoms with Crippen LogP contribution in [0.5, 0.6) is 0 Å². The molecule has 158 valence electrons. The van der Waals surface area contributed by atoms with Crippen LogP contribution in [0.3, 0.4) is 0 Å². The van der Waals surface area contributed by atoms with Crippen molar-refractivity contribution in [1.82, 2.24) is 10.3 Å². The summed E-state index contributed by atoms with van der Waals surface area (Å²) in [5.74, 6) is 0.679. The molecule has 0 aliphatic heterocycles. The molecule has 5 nitrogen and oxygen atoms in total. The van der Waals surface area contributed by atoms with Gasteiger partial charge in [0.1, 0.15) is 0 Å². The van der Waals surface area contributed by atoms with E-state index in [1.54, 1.807) is 6.20 Å². The molecule has 1 heterocycles. The van der Waals surface area contributed by atoms with Crippen molar-refractivity contribution >= 4 is 17.4 Å². The van der Waals surface area contributed by atoms with Gasteiger partial charge in [0.15, 0.2) is 0 Å². The average molecular weight is 397 g/mol. The summed E-state index contributed by atoms with van der Waals surface area (Å²) in [6.45, 7) is 10.8. The van der Waals surface area contributed by atoms with E-state index in [1.807, 2.05) is 31.2 Å². The van der Waals surface area contributed by atoms with Gasteiger partial charge < -0.3 is 16.0 Å². The van der Waals surface area contributed by atoms with Gasteiger partial charge in [-0.1, -0.05) is 32.9 Å². The maximum atomic E-state index is 12.4. The number of carbonyl (C=O) groups excluding carboxylic acids is 1. The van der Waals surface area contributed by atoms with Crippen LogP contribution in [-0.4, -0.2) is 24.1 Å². The molecule has 1 aromatic carbocycles. The number of hydrogen-bond donors (Lipinski definition) is 3. The Kier molecular flexibility index (Phi) is 9.65. The summed E-state index contributed by atoms with van der Waals surface area (Å²) >= 11 is 0. The number of aromatic nitrogens is 1. The van der Waals surface area contributed by atoms with E-state index in [2.05, 4.69) is 47.8 Å². The Hall–Kier alpha value is -2.40. The zero-order valence-electron chi connectivity index (χ0n) is 18.3. The van der Waals surface area contributed by atoms with E-state index < -0.39 is 0 Å². The van der Waals surface area contributed by atoms with E-state index in [-0.39, 0.29) is 6.03 Å². The number of carbonyl (C=O) groups is 1. The minimum Gasteiger partial charge on any atom is -0.317 e. The van der Waals surface area contributed by atoms with Crippen LogP contribution in [0.1, 0.15) is 56.9 Å². The summed E-state index contributed by atoms with van der Waals surface area (Å²) in [7, 11) is 0. The summed E-state index contributed by atoms with van der Waals surface area (Å²) in [6, 6.07) is 9.70. The Morgan fingerprint density at radius 2 is 1.90 bits per heavy atom. The second-order valence-corrected chi connectivity index (χ2v) is 7.75. The van der Waals surface area contributed by atoms with Crippen LogP contribution < -0.4 is 16.0 Å². The van der Waals surface area contributed by atoms with Crippen molar-refractivity contribution in [2.24, 2.45) is 5.92 Å². The monoisotopic (exact) mass is 396 g/mol. The maximum Gasteiger partial charge on any atom is 0.323 e. The number of rotatable bonds is 11. The molecular weight excluding hydrogens is 360 g/mol. The van der Waals surface area contributed by atoms with Gasteiger partial charge in [0.25, 0.3) is 0 Å². The van der Waals surface area contributed by atoms with Crippen LogP contribution in [0.25, 0.3) is 0 Å². The molecule has 0 spiro atoms. The summed E-state index contributed by atoms with van der Waals surface area (Å²) in [5.41, 5.74) is 5.05. The van der Waals surface area contributed by atoms with Crippen molar-refractivity contribution in [3.8, 4) is 0 Å². The standard InChI is InChI=1S/C24H36N4O/c1-5-15-25-16-14-18(3)10-12-20-8-7-9-23(22(20)6-2)28-24(29)27-21-13-11-19(4)26-17-21/h7-9,11,13,17-18,25H,5-6,10,12,14-16H2,1-4H3,(H2,27,28,29). The number of anilines is 2. The third kappa shape index (κ3) is 7.86. The van der Waals surface area contributed by atoms with Gasteiger partial charge in [0.05, 0.1) is 11.9 Å². The SMILES string of the molecule is CCCNCCC(C)CCc1cccc(NC(=O)Nc2ccc(C)nc2)c1CC. The number of urea groups is 1. The van der Waals surface area contributed by atoms with Crippen LogP contribution in [0.2, 0.25) is 0 Å². The first-order valence-corrected chi connectivity index (χ1v) is 10.9. The van der Waals surface area contributed by atoms with Crippen LogP contribution in [0.15, 0.2) is 36.5 Å². The van der Waals surface area contributed by atoms with Crippen molar-refractivity contribution in [2.45, 2.75) is 59.8 Å². The molecule has 3 N–H and O–H groups in total. The number of nitrogens with zero attached hydrogens (tertiary/aromatic N) is 1. The number of hydrogen-bond acceptors (Lipinski definition) is 3. The van der Waals surface area contributed by atoms with Gasteiger partial charge in [-0.15, -0.1) is 0 Å². The lowest BCUT2D eigenvalue weighted by Crippen LogP contribution is -2.21. The Balaban J connectivity index is 1.94. The van der Waals surface area contributed by atoms with Crippen LogP contribution in [0, 0.1) is 12.8 Å². The minimum absolute atomic E-state index is 0.238. The van der Waals surface area contributed by atoms with Crippen LogP contribution >= 0.6 is 0 Å². The number of nitrogens with one attached hydrogen (secondary N) is 3. The Morgan fingerprint density at radius 3 is 2.59 bits per heavy atom. The van der Waals surface area contributed by atoms with Crippen molar-refractivity contribution in [3.63, 3.8) is 0 Å². The summed E-state index contributed by atoms with van der Waals surface area (Å²) in [5, 5.41) is 9.35. The molecule has 0 saturated heterocycles. The van der Waals surface area contributed by atoms with Gasteiger partial charge in [-0.2, -0.15) is 0 Å². The lowest BCUT2D eigenvalue weighted by Gasteiger charge is -2.17. The predicted octanol–water partition coefficient (Wildman–Crippen LogP) is 5.55. The van der Waals surface area contributed by atoms with E-state index in [0.29, 0.717) is 11.6 Å². The highest BCUT2D eigenvalue weighted by Gasteiger charge is 2.11. The van der Waals surface area contributed by atoms with E-state index in [4.69, 9.17) is 0 Å². The smallest absolute Gasteiger partial charge is 0.317 e. The van der Waals surface area contributed by atoms with E-state index >= 15 is 0 Å². The molecule has 5 heteroatoms. The molecular formula is C24H36N4O. The fourth-order valence-corrected chi connectivity index (χ4v) is 3.43. The molecule has 0 radical (unpaired) electrons. The highest BCUT2D eigenvalue weighted by molar-refractivity contribution is 6.00. The third-order valence-electron chi connectivity index (χ3n) is 5.19. The van der Waals surface area contributed by atoms with Crippen molar-refractivity contribution in [3.05, 3.63) is 53.3 Å². The molecule has 1 atom stereocenters. The number of pyridine rings is 1. The molecule has 2 aromatic rings. The number of amides is 2. The average Bonchev–Trinajstić information content (AvgIpc) is 2.71. The molecule has 0 fully saturated rings. The summed E-state index contributed by atoms with van der Waals surface area (Å²) in [6.07, 6.45) is 7.14. The molecule has 1 unspecified atom stereocenters. The summed E-state index contributed by atoms with van der Waals surface area (Å²) in [4.78, 5) is 16.6. The zero-order chi connectivity index (χ0) is 21.1. The Bertz CT molecular complexity index is 758. The van der Waals surface area contributed by atoms with Crippen molar-refractivity contribution in [1.29, 1.82) is 0 Å². The highest BCUT2D eigenvalue weighted by Crippen LogP contribution is 2.24. The summed E-state index contributed by atoms with van der Waals surface area (Å²) < 4.78 is 0. The quantitative estimate of drug-likeness (QED) is 0.436. The van der Waals surface area contributed by atoms with Gasteiger partial charge in [-0.25, -0.2) is 4.79 Å². The fourth-order valence-electron chi connectivity index (χ4n) is 3.43. The van der Waals surface area contributed by atoms with Gasteiger partial charge in [-0.05, 0) is 87.4 Å². The van der Waals surface area contributed by atoms with Gasteiger partial charge >= 0.3 is 6.03 Å². The molecule has 2 amide bonds. The van der Waals surface area contributed by atoms with Gasteiger partial charge in [0, 0.05) is 11.4 Å². The predicted molar refractivity (Wildman–Crippen MR) is 123 cm³/mol. The second kappa shape index (κ2) is 12.2. The zero-order valence-corrected chi connectivity index (χ0v) is 18.3. The van der Waals surface area contributed by atoms with E-state index in [1.165, 1.54) is 24.0 Å². The first-order chi connectivity index (χ1) is 14.0. The van der Waals surface area contributed by atoms with Crippen LogP contribution in [-0.2, 0) is 12.8 Å². The fraction of sp³-hybridized carbons (Fsp3) is 0.500. The Morgan fingerprint density at radius 1 is 1.07 bits per heavy atom. The number of benzene rings is 1. The molecule has 0 saturated carbocycles. The molecule has 29 heavy (non-hydrogen) atoms. The van der Waals surface area contributed by atoms with Crippen molar-refractivity contribution in [2.75, 3.05) is 23.7 Å². The number of aryl methyl sites for hydroxylation is 2. The minimum atomic E-state index is -0.238. The maximum absolute atomic E-state index is 12.4. The van der Waals surface area contributed by atoms with Crippen molar-refractivity contribution < 1.29 is 4.79 Å². The topological polar surface area (TPSA) is 66.0 Å². The van der Waals surface area contributed by atoms with Crippen LogP contribution in [0.4, 0.5) is 16.2 Å². The highest BCUT2D eigenvalue weighted by atomic mass is 16.2. The normalized spacial score (nSPS) is 11.9. The van der Waals surface area contributed by atoms with Gasteiger partial charge in [0.2, 0.25) is 0 Å². The molecule has 0 bridgehead atoms.